The van der Waals surface area contributed by atoms with Crippen LogP contribution in [0, 0.1) is 6.92 Å². The molecule has 3 aromatic heterocycles. The monoisotopic (exact) mass is 414 g/mol. The van der Waals surface area contributed by atoms with Crippen molar-refractivity contribution in [1.82, 2.24) is 30.3 Å². The number of aryl methyl sites for hydroxylation is 1. The number of rotatable bonds is 5. The number of amides is 1. The first-order valence-electron chi connectivity index (χ1n) is 9.54. The number of hydrogen-bond donors (Lipinski definition) is 3. The number of aromatic nitrogens is 5. The van der Waals surface area contributed by atoms with Crippen LogP contribution in [-0.4, -0.2) is 37.0 Å². The molecule has 31 heavy (non-hydrogen) atoms. The molecule has 0 aliphatic heterocycles. The predicted octanol–water partition coefficient (Wildman–Crippen LogP) is 2.61. The first kappa shape index (κ1) is 18.6. The van der Waals surface area contributed by atoms with E-state index < -0.39 is 0 Å². The first-order chi connectivity index (χ1) is 15.1. The number of benzene rings is 2. The normalized spacial score (nSPS) is 11.6. The van der Waals surface area contributed by atoms with E-state index in [4.69, 9.17) is 10.4 Å². The summed E-state index contributed by atoms with van der Waals surface area (Å²) in [6.07, 6.45) is 1.64. The number of nitrogen functional groups attached to an aromatic ring is 1. The van der Waals surface area contributed by atoms with Crippen molar-refractivity contribution in [2.75, 3.05) is 5.73 Å². The standard InChI is InChI=1S/C21H18N8O2/c1-12-14(13-6-2-3-7-15(13)24-12)10-23-26-18(30)11-29-17-9-5-4-8-16(17)25-21(29)19-20(22)28-31-27-19/h2-10,24H,11H2,1H3,(H2,22,28)(H,26,30). The maximum absolute atomic E-state index is 12.7. The van der Waals surface area contributed by atoms with Gasteiger partial charge in [-0.3, -0.25) is 4.79 Å². The lowest BCUT2D eigenvalue weighted by atomic mass is 10.1. The van der Waals surface area contributed by atoms with Gasteiger partial charge in [0.2, 0.25) is 0 Å². The molecule has 0 atom stereocenters. The van der Waals surface area contributed by atoms with Gasteiger partial charge in [0.15, 0.2) is 17.3 Å². The summed E-state index contributed by atoms with van der Waals surface area (Å²) in [7, 11) is 0. The Morgan fingerprint density at radius 1 is 1.23 bits per heavy atom. The largest absolute Gasteiger partial charge is 0.379 e. The van der Waals surface area contributed by atoms with Gasteiger partial charge in [-0.05, 0) is 35.4 Å². The summed E-state index contributed by atoms with van der Waals surface area (Å²) < 4.78 is 6.40. The van der Waals surface area contributed by atoms with Crippen LogP contribution in [0.5, 0.6) is 0 Å². The van der Waals surface area contributed by atoms with E-state index in [9.17, 15) is 4.79 Å². The summed E-state index contributed by atoms with van der Waals surface area (Å²) in [5.41, 5.74) is 13.1. The van der Waals surface area contributed by atoms with Gasteiger partial charge >= 0.3 is 0 Å². The summed E-state index contributed by atoms with van der Waals surface area (Å²) in [5, 5.41) is 12.6. The summed E-state index contributed by atoms with van der Waals surface area (Å²) in [6, 6.07) is 15.4. The molecule has 154 valence electrons. The highest BCUT2D eigenvalue weighted by Crippen LogP contribution is 2.26. The zero-order valence-corrected chi connectivity index (χ0v) is 16.5. The van der Waals surface area contributed by atoms with E-state index in [1.54, 1.807) is 10.8 Å². The fourth-order valence-corrected chi connectivity index (χ4v) is 3.58. The Morgan fingerprint density at radius 2 is 2.03 bits per heavy atom. The molecule has 0 radical (unpaired) electrons. The summed E-state index contributed by atoms with van der Waals surface area (Å²) >= 11 is 0. The van der Waals surface area contributed by atoms with E-state index >= 15 is 0 Å². The molecule has 0 saturated carbocycles. The highest BCUT2D eigenvalue weighted by atomic mass is 16.6. The van der Waals surface area contributed by atoms with Crippen LogP contribution in [-0.2, 0) is 11.3 Å². The van der Waals surface area contributed by atoms with Crippen LogP contribution in [0.2, 0.25) is 0 Å². The minimum atomic E-state index is -0.326. The van der Waals surface area contributed by atoms with Gasteiger partial charge in [-0.15, -0.1) is 0 Å². The van der Waals surface area contributed by atoms with Crippen LogP contribution >= 0.6 is 0 Å². The van der Waals surface area contributed by atoms with Crippen molar-refractivity contribution in [1.29, 1.82) is 0 Å². The first-order valence-corrected chi connectivity index (χ1v) is 9.54. The predicted molar refractivity (Wildman–Crippen MR) is 116 cm³/mol. The van der Waals surface area contributed by atoms with Crippen LogP contribution in [0.4, 0.5) is 5.82 Å². The third-order valence-electron chi connectivity index (χ3n) is 5.01. The van der Waals surface area contributed by atoms with Gasteiger partial charge in [0, 0.05) is 22.2 Å². The fraction of sp³-hybridized carbons (Fsp3) is 0.0952. The number of carbonyl (C=O) groups excluding carboxylic acids is 1. The molecule has 2 aromatic carbocycles. The number of hydrogen-bond acceptors (Lipinski definition) is 7. The third kappa shape index (κ3) is 3.29. The van der Waals surface area contributed by atoms with E-state index in [-0.39, 0.29) is 24.0 Å². The number of nitrogens with one attached hydrogen (secondary N) is 2. The topological polar surface area (TPSA) is 140 Å². The Labute approximate surface area is 175 Å². The maximum Gasteiger partial charge on any atom is 0.260 e. The summed E-state index contributed by atoms with van der Waals surface area (Å²) in [4.78, 5) is 20.5. The van der Waals surface area contributed by atoms with E-state index in [1.165, 1.54) is 0 Å². The van der Waals surface area contributed by atoms with E-state index in [2.05, 4.69) is 30.8 Å². The van der Waals surface area contributed by atoms with Gasteiger partial charge in [0.1, 0.15) is 6.54 Å². The molecule has 0 aliphatic carbocycles. The second kappa shape index (κ2) is 7.41. The Hall–Kier alpha value is -4.47. The van der Waals surface area contributed by atoms with Crippen molar-refractivity contribution in [3.8, 4) is 11.5 Å². The lowest BCUT2D eigenvalue weighted by molar-refractivity contribution is -0.121. The zero-order chi connectivity index (χ0) is 21.4. The molecule has 0 bridgehead atoms. The second-order valence-corrected chi connectivity index (χ2v) is 7.01. The molecule has 0 aliphatic rings. The Bertz CT molecular complexity index is 1440. The molecule has 4 N–H and O–H groups in total. The second-order valence-electron chi connectivity index (χ2n) is 7.01. The van der Waals surface area contributed by atoms with Crippen molar-refractivity contribution >= 4 is 39.9 Å². The molecule has 3 heterocycles. The molecule has 0 saturated heterocycles. The summed E-state index contributed by atoms with van der Waals surface area (Å²) in [6.45, 7) is 1.93. The van der Waals surface area contributed by atoms with Crippen LogP contribution < -0.4 is 11.2 Å². The minimum absolute atomic E-state index is 0.0354. The van der Waals surface area contributed by atoms with Crippen molar-refractivity contribution < 1.29 is 9.42 Å². The molecule has 0 spiro atoms. The van der Waals surface area contributed by atoms with Crippen molar-refractivity contribution in [3.63, 3.8) is 0 Å². The number of carbonyl (C=O) groups is 1. The van der Waals surface area contributed by atoms with Crippen molar-refractivity contribution in [2.45, 2.75) is 13.5 Å². The molecular weight excluding hydrogens is 396 g/mol. The number of nitrogens with two attached hydrogens (primary N) is 1. The van der Waals surface area contributed by atoms with Gasteiger partial charge in [-0.25, -0.2) is 15.0 Å². The quantitative estimate of drug-likeness (QED) is 0.298. The van der Waals surface area contributed by atoms with Gasteiger partial charge in [0.05, 0.1) is 17.2 Å². The molecule has 0 unspecified atom stereocenters. The van der Waals surface area contributed by atoms with Crippen LogP contribution in [0.15, 0.2) is 58.3 Å². The Kier molecular flexibility index (Phi) is 4.43. The van der Waals surface area contributed by atoms with Crippen molar-refractivity contribution in [3.05, 3.63) is 59.8 Å². The molecule has 10 heteroatoms. The number of aromatic amines is 1. The number of nitrogens with zero attached hydrogens (tertiary/aromatic N) is 5. The van der Waals surface area contributed by atoms with Crippen LogP contribution in [0.1, 0.15) is 11.3 Å². The Morgan fingerprint density at radius 3 is 2.87 bits per heavy atom. The summed E-state index contributed by atoms with van der Waals surface area (Å²) in [5.74, 6) is 0.171. The zero-order valence-electron chi connectivity index (χ0n) is 16.5. The van der Waals surface area contributed by atoms with Crippen molar-refractivity contribution in [2.24, 2.45) is 5.10 Å². The highest BCUT2D eigenvalue weighted by Gasteiger charge is 2.20. The average molecular weight is 414 g/mol. The number of anilines is 1. The molecule has 1 amide bonds. The lowest BCUT2D eigenvalue weighted by Crippen LogP contribution is -2.23. The van der Waals surface area contributed by atoms with Gasteiger partial charge in [-0.2, -0.15) is 5.10 Å². The van der Waals surface area contributed by atoms with E-state index in [0.717, 1.165) is 27.7 Å². The minimum Gasteiger partial charge on any atom is -0.379 e. The molecule has 10 nitrogen and oxygen atoms in total. The van der Waals surface area contributed by atoms with E-state index in [0.29, 0.717) is 11.3 Å². The molecule has 5 rings (SSSR count). The highest BCUT2D eigenvalue weighted by molar-refractivity contribution is 6.00. The average Bonchev–Trinajstić information content (AvgIpc) is 3.44. The number of hydrazone groups is 1. The maximum atomic E-state index is 12.7. The number of para-hydroxylation sites is 3. The van der Waals surface area contributed by atoms with Crippen LogP contribution in [0.3, 0.4) is 0 Å². The van der Waals surface area contributed by atoms with Gasteiger partial charge < -0.3 is 15.3 Å². The smallest absolute Gasteiger partial charge is 0.260 e. The third-order valence-corrected chi connectivity index (χ3v) is 5.01. The SMILES string of the molecule is Cc1[nH]c2ccccc2c1C=NNC(=O)Cn1c(-c2nonc2N)nc2ccccc21. The fourth-order valence-electron chi connectivity index (χ4n) is 3.58. The van der Waals surface area contributed by atoms with Crippen LogP contribution in [0.25, 0.3) is 33.5 Å². The lowest BCUT2D eigenvalue weighted by Gasteiger charge is -2.06. The Balaban J connectivity index is 1.41. The van der Waals surface area contributed by atoms with Gasteiger partial charge in [0.25, 0.3) is 5.91 Å². The number of fused-ring (bicyclic) bond motifs is 2. The van der Waals surface area contributed by atoms with E-state index in [1.807, 2.05) is 55.5 Å². The molecule has 0 fully saturated rings. The molecule has 5 aromatic rings. The number of H-pyrrole nitrogens is 1. The molecular formula is C21H18N8O2. The number of imidazole rings is 1. The van der Waals surface area contributed by atoms with Gasteiger partial charge in [-0.1, -0.05) is 30.3 Å².